The van der Waals surface area contributed by atoms with E-state index in [0.29, 0.717) is 0 Å². The fraction of sp³-hybridized carbons (Fsp3) is 0.0769. The number of hydrogen-bond acceptors (Lipinski definition) is 2. The Morgan fingerprint density at radius 1 is 0.552 bits per heavy atom. The second-order valence-corrected chi connectivity index (χ2v) is 9.42. The average Bonchev–Trinajstić information content (AvgIpc) is 2.77. The average molecular weight is 398 g/mol. The van der Waals surface area contributed by atoms with Gasteiger partial charge in [0.1, 0.15) is 11.5 Å². The molecule has 0 aliphatic carbocycles. The van der Waals surface area contributed by atoms with Crippen molar-refractivity contribution in [3.05, 3.63) is 120 Å². The van der Waals surface area contributed by atoms with Gasteiger partial charge in [0.2, 0.25) is 0 Å². The van der Waals surface area contributed by atoms with Crippen LogP contribution in [0, 0.1) is 0 Å². The maximum atomic E-state index is 9.81. The van der Waals surface area contributed by atoms with Crippen LogP contribution >= 0.6 is 7.92 Å². The molecule has 144 valence electrons. The van der Waals surface area contributed by atoms with Crippen LogP contribution in [0.2, 0.25) is 0 Å². The summed E-state index contributed by atoms with van der Waals surface area (Å²) in [6.45, 7) is 0. The molecule has 0 bridgehead atoms. The van der Waals surface area contributed by atoms with E-state index in [2.05, 4.69) is 60.7 Å². The highest BCUT2D eigenvalue weighted by Gasteiger charge is 2.26. The predicted octanol–water partition coefficient (Wildman–Crippen LogP) is 5.51. The second-order valence-electron chi connectivity index (χ2n) is 7.02. The maximum absolute atomic E-state index is 9.81. The fourth-order valence-electron chi connectivity index (χ4n) is 3.60. The first-order valence-corrected chi connectivity index (χ1v) is 11.1. The van der Waals surface area contributed by atoms with Gasteiger partial charge in [0.05, 0.1) is 0 Å². The molecule has 3 heteroatoms. The van der Waals surface area contributed by atoms with E-state index in [1.807, 2.05) is 24.3 Å². The predicted molar refractivity (Wildman–Crippen MR) is 122 cm³/mol. The molecule has 0 aliphatic heterocycles. The Hall–Kier alpha value is -3.09. The smallest absolute Gasteiger partial charge is 0.115 e. The summed E-state index contributed by atoms with van der Waals surface area (Å²) >= 11 is 0. The van der Waals surface area contributed by atoms with Crippen molar-refractivity contribution >= 4 is 18.5 Å². The van der Waals surface area contributed by atoms with Crippen LogP contribution in [0.3, 0.4) is 0 Å². The van der Waals surface area contributed by atoms with Crippen molar-refractivity contribution in [2.75, 3.05) is 0 Å². The summed E-state index contributed by atoms with van der Waals surface area (Å²) in [5, 5.41) is 22.1. The Morgan fingerprint density at radius 3 is 1.48 bits per heavy atom. The first kappa shape index (κ1) is 19.2. The molecule has 0 aliphatic rings. The Bertz CT molecular complexity index is 990. The van der Waals surface area contributed by atoms with Gasteiger partial charge < -0.3 is 10.2 Å². The van der Waals surface area contributed by atoms with Gasteiger partial charge in [-0.15, -0.1) is 0 Å². The van der Waals surface area contributed by atoms with Gasteiger partial charge in [0.25, 0.3) is 0 Å². The van der Waals surface area contributed by atoms with E-state index in [0.717, 1.165) is 6.42 Å². The topological polar surface area (TPSA) is 40.5 Å². The number of benzene rings is 4. The van der Waals surface area contributed by atoms with Gasteiger partial charge >= 0.3 is 0 Å². The lowest BCUT2D eigenvalue weighted by Crippen LogP contribution is -2.18. The third-order valence-electron chi connectivity index (χ3n) is 5.02. The van der Waals surface area contributed by atoms with Crippen molar-refractivity contribution in [2.24, 2.45) is 0 Å². The van der Waals surface area contributed by atoms with Crippen LogP contribution in [0.25, 0.3) is 0 Å². The molecular weight excluding hydrogens is 375 g/mol. The second kappa shape index (κ2) is 8.94. The minimum absolute atomic E-state index is 0.236. The molecule has 0 aromatic heterocycles. The Morgan fingerprint density at radius 2 is 1.00 bits per heavy atom. The zero-order valence-electron chi connectivity index (χ0n) is 16.0. The number of hydrogen-bond donors (Lipinski definition) is 2. The van der Waals surface area contributed by atoms with Crippen molar-refractivity contribution in [3.63, 3.8) is 0 Å². The SMILES string of the molecule is Oc1ccc(CC(c2ccc(O)cc2)P(c2ccccc2)c2ccccc2)cc1. The molecule has 4 rings (SSSR count). The molecule has 0 saturated carbocycles. The molecule has 4 aromatic rings. The van der Waals surface area contributed by atoms with Gasteiger partial charge in [-0.1, -0.05) is 84.9 Å². The minimum atomic E-state index is -0.676. The molecule has 0 radical (unpaired) electrons. The van der Waals surface area contributed by atoms with E-state index in [1.54, 1.807) is 24.3 Å². The van der Waals surface area contributed by atoms with Crippen molar-refractivity contribution in [1.82, 2.24) is 0 Å². The maximum Gasteiger partial charge on any atom is 0.115 e. The van der Waals surface area contributed by atoms with Crippen LogP contribution in [0.15, 0.2) is 109 Å². The normalized spacial score (nSPS) is 12.0. The summed E-state index contributed by atoms with van der Waals surface area (Å²) < 4.78 is 0. The third-order valence-corrected chi connectivity index (χ3v) is 7.84. The lowest BCUT2D eigenvalue weighted by molar-refractivity contribution is 0.474. The summed E-state index contributed by atoms with van der Waals surface area (Å²) in [7, 11) is -0.676. The van der Waals surface area contributed by atoms with Crippen molar-refractivity contribution < 1.29 is 10.2 Å². The van der Waals surface area contributed by atoms with Gasteiger partial charge in [-0.05, 0) is 60.3 Å². The molecule has 0 amide bonds. The molecule has 1 unspecified atom stereocenters. The highest BCUT2D eigenvalue weighted by atomic mass is 31.1. The van der Waals surface area contributed by atoms with Crippen LogP contribution < -0.4 is 10.6 Å². The van der Waals surface area contributed by atoms with E-state index in [1.165, 1.54) is 21.7 Å². The highest BCUT2D eigenvalue weighted by Crippen LogP contribution is 2.51. The monoisotopic (exact) mass is 398 g/mol. The zero-order chi connectivity index (χ0) is 20.1. The largest absolute Gasteiger partial charge is 0.508 e. The Balaban J connectivity index is 1.83. The number of rotatable bonds is 6. The van der Waals surface area contributed by atoms with Crippen LogP contribution in [-0.4, -0.2) is 10.2 Å². The molecule has 29 heavy (non-hydrogen) atoms. The lowest BCUT2D eigenvalue weighted by Gasteiger charge is -2.29. The molecule has 0 fully saturated rings. The first-order valence-electron chi connectivity index (χ1n) is 9.67. The van der Waals surface area contributed by atoms with Crippen LogP contribution in [0.1, 0.15) is 16.8 Å². The Kier molecular flexibility index (Phi) is 5.93. The van der Waals surface area contributed by atoms with Gasteiger partial charge in [0.15, 0.2) is 0 Å². The van der Waals surface area contributed by atoms with E-state index in [-0.39, 0.29) is 17.2 Å². The molecule has 2 nitrogen and oxygen atoms in total. The fourth-order valence-corrected chi connectivity index (χ4v) is 6.46. The summed E-state index contributed by atoms with van der Waals surface area (Å²) in [5.41, 5.74) is 2.62. The molecule has 0 spiro atoms. The molecule has 0 saturated heterocycles. The number of aromatic hydroxyl groups is 2. The zero-order valence-corrected chi connectivity index (χ0v) is 16.9. The minimum Gasteiger partial charge on any atom is -0.508 e. The van der Waals surface area contributed by atoms with Crippen LogP contribution in [0.5, 0.6) is 11.5 Å². The summed E-state index contributed by atoms with van der Waals surface area (Å²) in [6, 6.07) is 36.4. The number of phenols is 2. The van der Waals surface area contributed by atoms with Gasteiger partial charge in [-0.3, -0.25) is 0 Å². The van der Waals surface area contributed by atoms with Crippen molar-refractivity contribution in [1.29, 1.82) is 0 Å². The summed E-state index contributed by atoms with van der Waals surface area (Å²) in [6.07, 6.45) is 0.848. The van der Waals surface area contributed by atoms with Gasteiger partial charge in [0, 0.05) is 5.66 Å². The lowest BCUT2D eigenvalue weighted by atomic mass is 10.0. The van der Waals surface area contributed by atoms with E-state index in [9.17, 15) is 10.2 Å². The molecular formula is C26H23O2P. The summed E-state index contributed by atoms with van der Waals surface area (Å²) in [5.74, 6) is 0.559. The third kappa shape index (κ3) is 4.67. The van der Waals surface area contributed by atoms with E-state index in [4.69, 9.17) is 0 Å². The van der Waals surface area contributed by atoms with Crippen LogP contribution in [0.4, 0.5) is 0 Å². The van der Waals surface area contributed by atoms with E-state index < -0.39 is 7.92 Å². The van der Waals surface area contributed by atoms with Gasteiger partial charge in [-0.2, -0.15) is 0 Å². The number of phenolic OH excluding ortho intramolecular Hbond substituents is 2. The standard InChI is InChI=1S/C26H23O2P/c27-22-15-11-20(12-16-22)19-26(21-13-17-23(28)18-14-21)29(24-7-3-1-4-8-24)25-9-5-2-6-10-25/h1-18,26-28H,19H2. The van der Waals surface area contributed by atoms with Crippen molar-refractivity contribution in [2.45, 2.75) is 12.1 Å². The van der Waals surface area contributed by atoms with E-state index >= 15 is 0 Å². The quantitative estimate of drug-likeness (QED) is 0.420. The van der Waals surface area contributed by atoms with Crippen LogP contribution in [-0.2, 0) is 6.42 Å². The van der Waals surface area contributed by atoms with Gasteiger partial charge in [-0.25, -0.2) is 0 Å². The van der Waals surface area contributed by atoms with Crippen molar-refractivity contribution in [3.8, 4) is 11.5 Å². The highest BCUT2D eigenvalue weighted by molar-refractivity contribution is 7.73. The summed E-state index contributed by atoms with van der Waals surface area (Å²) in [4.78, 5) is 0. The molecule has 4 aromatic carbocycles. The molecule has 2 N–H and O–H groups in total. The Labute approximate surface area is 172 Å². The first-order chi connectivity index (χ1) is 14.2. The molecule has 0 heterocycles. The molecule has 1 atom stereocenters.